The Morgan fingerprint density at radius 1 is 1.09 bits per heavy atom. The monoisotopic (exact) mass is 493 g/mol. The van der Waals surface area contributed by atoms with Crippen LogP contribution in [-0.2, 0) is 20.8 Å². The maximum Gasteiger partial charge on any atom is 0.293 e. The summed E-state index contributed by atoms with van der Waals surface area (Å²) in [6.07, 6.45) is 10.7. The second kappa shape index (κ2) is 12.0. The molecule has 1 amide bonds. The highest BCUT2D eigenvalue weighted by molar-refractivity contribution is 5.78. The number of carbonyl (C=O) groups excluding carboxylic acids is 1. The lowest BCUT2D eigenvalue weighted by Gasteiger charge is -2.43. The van der Waals surface area contributed by atoms with E-state index in [1.165, 1.54) is 0 Å². The normalized spacial score (nSPS) is 38.2. The summed E-state index contributed by atoms with van der Waals surface area (Å²) in [6.45, 7) is 3.53. The molecule has 35 heavy (non-hydrogen) atoms. The van der Waals surface area contributed by atoms with Gasteiger partial charge in [-0.05, 0) is 87.4 Å². The molecule has 0 aliphatic heterocycles. The highest BCUT2D eigenvalue weighted by Crippen LogP contribution is 2.45. The molecule has 8 heteroatoms. The Labute approximate surface area is 208 Å². The van der Waals surface area contributed by atoms with Gasteiger partial charge < -0.3 is 19.2 Å². The number of hydrogen-bond donors (Lipinski definition) is 2. The van der Waals surface area contributed by atoms with Crippen molar-refractivity contribution in [2.75, 3.05) is 20.8 Å². The van der Waals surface area contributed by atoms with Gasteiger partial charge in [0.1, 0.15) is 12.4 Å². The summed E-state index contributed by atoms with van der Waals surface area (Å²) in [5.41, 5.74) is 0.150. The number of halogens is 1. The van der Waals surface area contributed by atoms with Crippen LogP contribution >= 0.6 is 0 Å². The lowest BCUT2D eigenvalue weighted by molar-refractivity contribution is -0.128. The minimum Gasteiger partial charge on any atom is -0.432 e. The third kappa shape index (κ3) is 6.76. The number of carbonyl (C=O) groups is 1. The van der Waals surface area contributed by atoms with Crippen molar-refractivity contribution in [2.24, 2.45) is 35.5 Å². The van der Waals surface area contributed by atoms with E-state index in [0.29, 0.717) is 55.5 Å². The number of methoxy groups -OCH3 is 2. The van der Waals surface area contributed by atoms with Crippen molar-refractivity contribution in [3.05, 3.63) is 18.1 Å². The predicted octanol–water partition coefficient (Wildman–Crippen LogP) is 4.31. The number of alkyl halides is 1. The van der Waals surface area contributed by atoms with Crippen LogP contribution in [0.2, 0.25) is 0 Å². The van der Waals surface area contributed by atoms with E-state index in [0.717, 1.165) is 44.9 Å². The molecule has 0 aromatic carbocycles. The Morgan fingerprint density at radius 3 is 2.46 bits per heavy atom. The first-order valence-corrected chi connectivity index (χ1v) is 13.5. The van der Waals surface area contributed by atoms with Crippen molar-refractivity contribution in [3.8, 4) is 0 Å². The quantitative estimate of drug-likeness (QED) is 0.565. The van der Waals surface area contributed by atoms with E-state index in [1.54, 1.807) is 26.7 Å². The Bertz CT molecular complexity index is 861. The van der Waals surface area contributed by atoms with Gasteiger partial charge in [0.05, 0.1) is 12.2 Å². The van der Waals surface area contributed by atoms with Gasteiger partial charge in [-0.2, -0.15) is 0 Å². The Morgan fingerprint density at radius 2 is 1.83 bits per heavy atom. The van der Waals surface area contributed by atoms with E-state index in [4.69, 9.17) is 19.3 Å². The fourth-order valence-corrected chi connectivity index (χ4v) is 7.24. The predicted molar refractivity (Wildman–Crippen MR) is 130 cm³/mol. The lowest BCUT2D eigenvalue weighted by atomic mass is 9.63. The molecule has 4 rings (SSSR count). The molecule has 8 unspecified atom stereocenters. The molecule has 3 aliphatic rings. The summed E-state index contributed by atoms with van der Waals surface area (Å²) in [5, 5.41) is 11.3. The largest absolute Gasteiger partial charge is 0.432 e. The van der Waals surface area contributed by atoms with E-state index >= 15 is 0 Å². The molecule has 1 aromatic heterocycles. The van der Waals surface area contributed by atoms with Gasteiger partial charge in [0.2, 0.25) is 5.91 Å². The van der Waals surface area contributed by atoms with Crippen molar-refractivity contribution >= 4 is 5.91 Å². The van der Waals surface area contributed by atoms with E-state index in [-0.39, 0.29) is 29.7 Å². The van der Waals surface area contributed by atoms with Crippen LogP contribution in [0.25, 0.3) is 0 Å². The summed E-state index contributed by atoms with van der Waals surface area (Å²) in [7, 11) is 3.50. The highest BCUT2D eigenvalue weighted by atomic mass is 19.1. The van der Waals surface area contributed by atoms with Crippen molar-refractivity contribution in [3.63, 3.8) is 0 Å². The first-order valence-electron chi connectivity index (χ1n) is 13.5. The average molecular weight is 494 g/mol. The number of rotatable bonds is 8. The van der Waals surface area contributed by atoms with Crippen LogP contribution in [0.1, 0.15) is 64.7 Å². The van der Waals surface area contributed by atoms with Crippen molar-refractivity contribution in [2.45, 2.75) is 89.6 Å². The molecule has 3 aliphatic carbocycles. The molecule has 0 bridgehead atoms. The first kappa shape index (κ1) is 26.4. The Hall–Kier alpha value is -1.67. The van der Waals surface area contributed by atoms with E-state index in [2.05, 4.69) is 12.2 Å². The molecule has 1 heterocycles. The number of nitrogens with one attached hydrogen (secondary N) is 2. The van der Waals surface area contributed by atoms with Gasteiger partial charge >= 0.3 is 0 Å². The smallest absolute Gasteiger partial charge is 0.293 e. The number of hydrogen-bond acceptors (Lipinski definition) is 5. The topological polar surface area (TPSA) is 89.5 Å². The molecule has 0 radical (unpaired) electrons. The zero-order valence-corrected chi connectivity index (χ0v) is 21.6. The molecule has 0 saturated heterocycles. The van der Waals surface area contributed by atoms with E-state index < -0.39 is 6.17 Å². The lowest BCUT2D eigenvalue weighted by Crippen LogP contribution is -2.43. The van der Waals surface area contributed by atoms with Gasteiger partial charge in [0.25, 0.3) is 5.68 Å². The summed E-state index contributed by atoms with van der Waals surface area (Å²) < 4.78 is 32.2. The second-order valence-electron chi connectivity index (χ2n) is 11.5. The van der Waals surface area contributed by atoms with Crippen LogP contribution in [0.3, 0.4) is 0 Å². The van der Waals surface area contributed by atoms with Gasteiger partial charge in [-0.15, -0.1) is 0 Å². The molecular formula is C27H44FN3O4. The Kier molecular flexibility index (Phi) is 9.08. The van der Waals surface area contributed by atoms with Crippen LogP contribution in [0, 0.1) is 40.9 Å². The summed E-state index contributed by atoms with van der Waals surface area (Å²) in [6, 6.07) is 0. The molecule has 198 valence electrons. The Balaban J connectivity index is 1.41. The zero-order chi connectivity index (χ0) is 24.9. The van der Waals surface area contributed by atoms with E-state index in [1.807, 2.05) is 4.57 Å². The fraction of sp³-hybridized carbons (Fsp3) is 0.852. The summed E-state index contributed by atoms with van der Waals surface area (Å²) >= 11 is 0. The van der Waals surface area contributed by atoms with Gasteiger partial charge in [-0.3, -0.25) is 14.8 Å². The zero-order valence-electron chi connectivity index (χ0n) is 21.6. The minimum atomic E-state index is -0.686. The number of ether oxygens (including phenoxy) is 2. The highest BCUT2D eigenvalue weighted by Gasteiger charge is 2.40. The summed E-state index contributed by atoms with van der Waals surface area (Å²) in [4.78, 5) is 13.4. The van der Waals surface area contributed by atoms with Gasteiger partial charge in [-0.25, -0.2) is 4.39 Å². The number of nitrogens with zero attached hydrogens (tertiary/aromatic N) is 1. The second-order valence-corrected chi connectivity index (χ2v) is 11.5. The minimum absolute atomic E-state index is 0.0456. The maximum atomic E-state index is 14.0. The maximum absolute atomic E-state index is 14.0. The van der Waals surface area contributed by atoms with Crippen LogP contribution < -0.4 is 11.0 Å². The third-order valence-corrected chi connectivity index (χ3v) is 9.08. The molecule has 8 atom stereocenters. The summed E-state index contributed by atoms with van der Waals surface area (Å²) in [5.74, 6) is 1.98. The van der Waals surface area contributed by atoms with Crippen molar-refractivity contribution in [1.29, 1.82) is 5.41 Å². The van der Waals surface area contributed by atoms with Gasteiger partial charge in [0, 0.05) is 39.4 Å². The molecule has 0 spiro atoms. The van der Waals surface area contributed by atoms with Gasteiger partial charge in [0.15, 0.2) is 0 Å². The van der Waals surface area contributed by atoms with Crippen LogP contribution in [0.4, 0.5) is 4.39 Å². The van der Waals surface area contributed by atoms with Crippen LogP contribution in [0.5, 0.6) is 0 Å². The third-order valence-electron chi connectivity index (χ3n) is 9.08. The average Bonchev–Trinajstić information content (AvgIpc) is 3.26. The van der Waals surface area contributed by atoms with Crippen molar-refractivity contribution < 1.29 is 23.1 Å². The first-order chi connectivity index (χ1) is 16.9. The number of aromatic nitrogens is 1. The van der Waals surface area contributed by atoms with E-state index in [9.17, 15) is 9.18 Å². The molecular weight excluding hydrogens is 449 g/mol. The van der Waals surface area contributed by atoms with Gasteiger partial charge in [-0.1, -0.05) is 6.92 Å². The number of oxazole rings is 1. The van der Waals surface area contributed by atoms with Crippen molar-refractivity contribution in [1.82, 2.24) is 9.88 Å². The standard InChI is InChI=1S/C27H44FN3O4/c1-17-8-22(28)4-5-25(17)20-9-19(16-31-6-7-35-27(31)29)10-21(13-20)26(32)30-15-18-11-23(33-2)14-24(12-18)34-3/h6-7,17-25,29H,4-5,8-16H2,1-3H3,(H,30,32). The van der Waals surface area contributed by atoms with Crippen LogP contribution in [0.15, 0.2) is 16.9 Å². The molecule has 3 fully saturated rings. The number of amides is 1. The molecule has 7 nitrogen and oxygen atoms in total. The SMILES string of the molecule is COC1CC(CNC(=O)C2CC(Cn3ccoc3=N)CC(C3CCC(F)CC3C)C2)CC(OC)C1. The molecule has 3 saturated carbocycles. The molecule has 1 aromatic rings. The molecule has 2 N–H and O–H groups in total. The van der Waals surface area contributed by atoms with Crippen LogP contribution in [-0.4, -0.2) is 49.6 Å². The fourth-order valence-electron chi connectivity index (χ4n) is 7.24.